The molecule has 16 heavy (non-hydrogen) atoms. The van der Waals surface area contributed by atoms with Crippen LogP contribution in [0.5, 0.6) is 0 Å². The van der Waals surface area contributed by atoms with Gasteiger partial charge in [-0.1, -0.05) is 12.1 Å². The first-order chi connectivity index (χ1) is 7.67. The van der Waals surface area contributed by atoms with Gasteiger partial charge in [0.05, 0.1) is 0 Å². The Hall–Kier alpha value is -1.46. The van der Waals surface area contributed by atoms with E-state index in [-0.39, 0.29) is 12.4 Å². The van der Waals surface area contributed by atoms with E-state index < -0.39 is 12.2 Å². The molecule has 0 aliphatic heterocycles. The van der Waals surface area contributed by atoms with E-state index in [9.17, 15) is 9.18 Å². The molecule has 0 unspecified atom stereocenters. The molecule has 0 heterocycles. The summed E-state index contributed by atoms with van der Waals surface area (Å²) in [7, 11) is 2.74. The van der Waals surface area contributed by atoms with Crippen molar-refractivity contribution >= 4 is 5.91 Å². The molecule has 0 atom stereocenters. The minimum absolute atomic E-state index is 0.236. The first kappa shape index (κ1) is 12.6. The van der Waals surface area contributed by atoms with Gasteiger partial charge in [-0.2, -0.15) is 0 Å². The molecule has 0 bridgehead atoms. The van der Waals surface area contributed by atoms with Crippen LogP contribution in [0, 0.1) is 5.82 Å². The number of hydrogen-bond acceptors (Lipinski definition) is 3. The molecule has 1 N–H and O–H groups in total. The van der Waals surface area contributed by atoms with Gasteiger partial charge in [-0.15, -0.1) is 0 Å². The zero-order chi connectivity index (χ0) is 12.0. The summed E-state index contributed by atoms with van der Waals surface area (Å²) in [6.45, 7) is 0.236. The smallest absolute Gasteiger partial charge is 0.277 e. The molecule has 0 saturated carbocycles. The predicted octanol–water partition coefficient (Wildman–Crippen LogP) is 1.06. The van der Waals surface area contributed by atoms with E-state index in [1.54, 1.807) is 12.1 Å². The minimum Gasteiger partial charge on any atom is -0.348 e. The second kappa shape index (κ2) is 6.19. The van der Waals surface area contributed by atoms with Crippen molar-refractivity contribution in [3.05, 3.63) is 35.6 Å². The van der Waals surface area contributed by atoms with Crippen LogP contribution in [0.4, 0.5) is 4.39 Å². The van der Waals surface area contributed by atoms with Gasteiger partial charge in [-0.25, -0.2) is 4.39 Å². The maximum atomic E-state index is 12.8. The lowest BCUT2D eigenvalue weighted by Gasteiger charge is -2.13. The third-order valence-corrected chi connectivity index (χ3v) is 2.00. The zero-order valence-corrected chi connectivity index (χ0v) is 9.20. The lowest BCUT2D eigenvalue weighted by molar-refractivity contribution is -0.159. The number of nitrogens with one attached hydrogen (secondary N) is 1. The van der Waals surface area contributed by atoms with Crippen molar-refractivity contribution in [2.75, 3.05) is 14.2 Å². The summed E-state index contributed by atoms with van der Waals surface area (Å²) in [5, 5.41) is 2.57. The highest BCUT2D eigenvalue weighted by Crippen LogP contribution is 2.03. The highest BCUT2D eigenvalue weighted by Gasteiger charge is 2.15. The molecule has 1 aromatic carbocycles. The van der Waals surface area contributed by atoms with Gasteiger partial charge in [0.25, 0.3) is 5.91 Å². The highest BCUT2D eigenvalue weighted by atomic mass is 19.1. The van der Waals surface area contributed by atoms with E-state index in [2.05, 4.69) is 5.32 Å². The molecular formula is C11H14FNO3. The van der Waals surface area contributed by atoms with E-state index in [0.29, 0.717) is 5.56 Å². The molecule has 0 aromatic heterocycles. The van der Waals surface area contributed by atoms with Crippen LogP contribution in [0.15, 0.2) is 24.3 Å². The molecule has 5 heteroatoms. The number of hydrogen-bond donors (Lipinski definition) is 1. The largest absolute Gasteiger partial charge is 0.348 e. The molecule has 1 aromatic rings. The molecule has 0 fully saturated rings. The number of halogens is 1. The van der Waals surface area contributed by atoms with E-state index in [0.717, 1.165) is 0 Å². The quantitative estimate of drug-likeness (QED) is 0.765. The molecule has 0 spiro atoms. The number of amides is 1. The lowest BCUT2D eigenvalue weighted by atomic mass is 10.2. The van der Waals surface area contributed by atoms with Crippen LogP contribution in [-0.2, 0) is 20.8 Å². The Kier molecular flexibility index (Phi) is 4.88. The van der Waals surface area contributed by atoms with E-state index >= 15 is 0 Å². The number of carbonyl (C=O) groups is 1. The van der Waals surface area contributed by atoms with Crippen molar-refractivity contribution in [3.63, 3.8) is 0 Å². The van der Waals surface area contributed by atoms with E-state index in [4.69, 9.17) is 9.47 Å². The number of methoxy groups -OCH3 is 2. The Bertz CT molecular complexity index is 353. The van der Waals surface area contributed by atoms with Crippen molar-refractivity contribution in [2.24, 2.45) is 0 Å². The average Bonchev–Trinajstić information content (AvgIpc) is 2.28. The number of rotatable bonds is 5. The monoisotopic (exact) mass is 227 g/mol. The third-order valence-electron chi connectivity index (χ3n) is 2.00. The second-order valence-corrected chi connectivity index (χ2v) is 3.15. The van der Waals surface area contributed by atoms with Crippen LogP contribution in [0.25, 0.3) is 0 Å². The van der Waals surface area contributed by atoms with E-state index in [1.807, 2.05) is 0 Å². The Labute approximate surface area is 93.4 Å². The molecule has 1 rings (SSSR count). The minimum atomic E-state index is -0.937. The van der Waals surface area contributed by atoms with Gasteiger partial charge < -0.3 is 14.8 Å². The Morgan fingerprint density at radius 2 is 2.12 bits per heavy atom. The fraction of sp³-hybridized carbons (Fsp3) is 0.364. The summed E-state index contributed by atoms with van der Waals surface area (Å²) in [4.78, 5) is 11.4. The molecule has 0 aliphatic carbocycles. The van der Waals surface area contributed by atoms with Crippen LogP contribution in [-0.4, -0.2) is 26.4 Å². The van der Waals surface area contributed by atoms with Crippen LogP contribution in [0.1, 0.15) is 5.56 Å². The van der Waals surface area contributed by atoms with Crippen molar-refractivity contribution in [2.45, 2.75) is 12.8 Å². The lowest BCUT2D eigenvalue weighted by Crippen LogP contribution is -2.36. The Balaban J connectivity index is 2.48. The van der Waals surface area contributed by atoms with Crippen LogP contribution in [0.2, 0.25) is 0 Å². The SMILES string of the molecule is COC(OC)C(=O)NCc1cccc(F)c1. The standard InChI is InChI=1S/C11H14FNO3/c1-15-11(16-2)10(14)13-7-8-4-3-5-9(12)6-8/h3-6,11H,7H2,1-2H3,(H,13,14). The van der Waals surface area contributed by atoms with Crippen LogP contribution < -0.4 is 5.32 Å². The van der Waals surface area contributed by atoms with Gasteiger partial charge in [0, 0.05) is 20.8 Å². The molecule has 0 saturated heterocycles. The van der Waals surface area contributed by atoms with Gasteiger partial charge >= 0.3 is 0 Å². The topological polar surface area (TPSA) is 47.6 Å². The summed E-state index contributed by atoms with van der Waals surface area (Å²) >= 11 is 0. The molecule has 0 aliphatic rings. The summed E-state index contributed by atoms with van der Waals surface area (Å²) in [6, 6.07) is 6.01. The molecule has 88 valence electrons. The Morgan fingerprint density at radius 3 is 2.69 bits per heavy atom. The first-order valence-electron chi connectivity index (χ1n) is 4.75. The third kappa shape index (κ3) is 3.60. The van der Waals surface area contributed by atoms with Gasteiger partial charge in [-0.05, 0) is 17.7 Å². The van der Waals surface area contributed by atoms with Gasteiger partial charge in [0.15, 0.2) is 0 Å². The molecular weight excluding hydrogens is 213 g/mol. The highest BCUT2D eigenvalue weighted by molar-refractivity contribution is 5.79. The fourth-order valence-corrected chi connectivity index (χ4v) is 1.23. The number of ether oxygens (including phenoxy) is 2. The number of benzene rings is 1. The molecule has 4 nitrogen and oxygen atoms in total. The van der Waals surface area contributed by atoms with Crippen LogP contribution in [0.3, 0.4) is 0 Å². The first-order valence-corrected chi connectivity index (χ1v) is 4.75. The van der Waals surface area contributed by atoms with E-state index in [1.165, 1.54) is 26.4 Å². The normalized spacial score (nSPS) is 10.5. The van der Waals surface area contributed by atoms with Crippen molar-refractivity contribution in [1.82, 2.24) is 5.32 Å². The summed E-state index contributed by atoms with van der Waals surface area (Å²) in [6.07, 6.45) is -0.937. The second-order valence-electron chi connectivity index (χ2n) is 3.15. The van der Waals surface area contributed by atoms with Gasteiger partial charge in [0.1, 0.15) is 5.82 Å². The number of carbonyl (C=O) groups excluding carboxylic acids is 1. The summed E-state index contributed by atoms with van der Waals surface area (Å²) in [5.41, 5.74) is 0.680. The van der Waals surface area contributed by atoms with Crippen molar-refractivity contribution < 1.29 is 18.7 Å². The summed E-state index contributed by atoms with van der Waals surface area (Å²) in [5.74, 6) is -0.726. The average molecular weight is 227 g/mol. The van der Waals surface area contributed by atoms with Gasteiger partial charge in [0.2, 0.25) is 6.29 Å². The van der Waals surface area contributed by atoms with Crippen molar-refractivity contribution in [1.29, 1.82) is 0 Å². The zero-order valence-electron chi connectivity index (χ0n) is 9.20. The Morgan fingerprint density at radius 1 is 1.44 bits per heavy atom. The van der Waals surface area contributed by atoms with Gasteiger partial charge in [-0.3, -0.25) is 4.79 Å². The molecule has 1 amide bonds. The predicted molar refractivity (Wildman–Crippen MR) is 56.1 cm³/mol. The summed E-state index contributed by atoms with van der Waals surface area (Å²) < 4.78 is 22.4. The van der Waals surface area contributed by atoms with Crippen molar-refractivity contribution in [3.8, 4) is 0 Å². The fourth-order valence-electron chi connectivity index (χ4n) is 1.23. The molecule has 0 radical (unpaired) electrons. The van der Waals surface area contributed by atoms with Crippen LogP contribution >= 0.6 is 0 Å². The maximum Gasteiger partial charge on any atom is 0.277 e. The maximum absolute atomic E-state index is 12.8.